The van der Waals surface area contributed by atoms with E-state index >= 15 is 0 Å². The van der Waals surface area contributed by atoms with Crippen LogP contribution in [0, 0.1) is 6.92 Å². The normalized spacial score (nSPS) is 18.0. The molecule has 1 aromatic heterocycles. The Labute approximate surface area is 124 Å². The molecular formula is C17H18N2O2. The fourth-order valence-electron chi connectivity index (χ4n) is 2.69. The van der Waals surface area contributed by atoms with E-state index in [0.29, 0.717) is 18.5 Å². The van der Waals surface area contributed by atoms with Crippen LogP contribution < -0.4 is 4.90 Å². The molecule has 0 saturated heterocycles. The molecule has 1 aliphatic rings. The second-order valence-corrected chi connectivity index (χ2v) is 5.36. The van der Waals surface area contributed by atoms with Gasteiger partial charge in [0.25, 0.3) is 5.91 Å². The standard InChI is InChI=1S/C17H18N2O2/c1-12-8-9-13(11-18-12)17(21)19-10-4-7-16(20)14-5-2-3-6-15(14)19/h2-3,5-6,8-9,11,16,20H,4,7,10H2,1H3. The highest BCUT2D eigenvalue weighted by Gasteiger charge is 2.25. The highest BCUT2D eigenvalue weighted by Crippen LogP contribution is 2.33. The van der Waals surface area contributed by atoms with Crippen molar-refractivity contribution in [2.75, 3.05) is 11.4 Å². The lowest BCUT2D eigenvalue weighted by Gasteiger charge is -2.23. The summed E-state index contributed by atoms with van der Waals surface area (Å²) in [6, 6.07) is 11.2. The van der Waals surface area contributed by atoms with Crippen LogP contribution >= 0.6 is 0 Å². The molecule has 0 fully saturated rings. The van der Waals surface area contributed by atoms with Crippen LogP contribution in [0.1, 0.15) is 40.6 Å². The van der Waals surface area contributed by atoms with E-state index in [9.17, 15) is 9.90 Å². The highest BCUT2D eigenvalue weighted by atomic mass is 16.3. The van der Waals surface area contributed by atoms with Crippen LogP contribution in [0.4, 0.5) is 5.69 Å². The van der Waals surface area contributed by atoms with Crippen LogP contribution in [-0.2, 0) is 0 Å². The first-order valence-corrected chi connectivity index (χ1v) is 7.18. The van der Waals surface area contributed by atoms with Crippen molar-refractivity contribution >= 4 is 11.6 Å². The molecule has 3 rings (SSSR count). The van der Waals surface area contributed by atoms with E-state index in [4.69, 9.17) is 0 Å². The van der Waals surface area contributed by atoms with Crippen LogP contribution in [0.3, 0.4) is 0 Å². The van der Waals surface area contributed by atoms with Gasteiger partial charge in [0.2, 0.25) is 0 Å². The number of amides is 1. The van der Waals surface area contributed by atoms with Crippen LogP contribution in [0.2, 0.25) is 0 Å². The molecule has 1 amide bonds. The van der Waals surface area contributed by atoms with Crippen molar-refractivity contribution in [2.24, 2.45) is 0 Å². The third-order valence-corrected chi connectivity index (χ3v) is 3.85. The number of anilines is 1. The van der Waals surface area contributed by atoms with Crippen LogP contribution in [0.25, 0.3) is 0 Å². The number of aliphatic hydroxyl groups excluding tert-OH is 1. The number of para-hydroxylation sites is 1. The number of aromatic nitrogens is 1. The lowest BCUT2D eigenvalue weighted by Crippen LogP contribution is -2.31. The van der Waals surface area contributed by atoms with E-state index in [1.54, 1.807) is 17.2 Å². The molecule has 2 heterocycles. The number of hydrogen-bond acceptors (Lipinski definition) is 3. The molecule has 0 aliphatic carbocycles. The Morgan fingerprint density at radius 2 is 2.10 bits per heavy atom. The lowest BCUT2D eigenvalue weighted by molar-refractivity contribution is 0.0986. The zero-order chi connectivity index (χ0) is 14.8. The summed E-state index contributed by atoms with van der Waals surface area (Å²) < 4.78 is 0. The van der Waals surface area contributed by atoms with Crippen LogP contribution in [0.15, 0.2) is 42.6 Å². The van der Waals surface area contributed by atoms with Gasteiger partial charge in [-0.3, -0.25) is 9.78 Å². The van der Waals surface area contributed by atoms with Gasteiger partial charge in [0.15, 0.2) is 0 Å². The zero-order valence-corrected chi connectivity index (χ0v) is 12.0. The van der Waals surface area contributed by atoms with Gasteiger partial charge >= 0.3 is 0 Å². The molecule has 2 aromatic rings. The summed E-state index contributed by atoms with van der Waals surface area (Å²) in [5.41, 5.74) is 3.08. The minimum Gasteiger partial charge on any atom is -0.388 e. The van der Waals surface area contributed by atoms with E-state index in [1.807, 2.05) is 37.3 Å². The molecule has 21 heavy (non-hydrogen) atoms. The number of carbonyl (C=O) groups excluding carboxylic acids is 1. The summed E-state index contributed by atoms with van der Waals surface area (Å²) >= 11 is 0. The number of benzene rings is 1. The van der Waals surface area contributed by atoms with E-state index in [0.717, 1.165) is 23.4 Å². The summed E-state index contributed by atoms with van der Waals surface area (Å²) in [6.07, 6.45) is 2.56. The predicted molar refractivity (Wildman–Crippen MR) is 81.3 cm³/mol. The van der Waals surface area contributed by atoms with E-state index in [-0.39, 0.29) is 5.91 Å². The molecule has 0 radical (unpaired) electrons. The van der Waals surface area contributed by atoms with Crippen molar-refractivity contribution < 1.29 is 9.90 Å². The molecule has 4 heteroatoms. The van der Waals surface area contributed by atoms with Crippen molar-refractivity contribution in [3.05, 3.63) is 59.4 Å². The third-order valence-electron chi connectivity index (χ3n) is 3.85. The number of aryl methyl sites for hydroxylation is 1. The maximum absolute atomic E-state index is 12.7. The van der Waals surface area contributed by atoms with Crippen LogP contribution in [-0.4, -0.2) is 22.5 Å². The molecule has 108 valence electrons. The molecule has 1 atom stereocenters. The fourth-order valence-corrected chi connectivity index (χ4v) is 2.69. The number of carbonyl (C=O) groups is 1. The number of fused-ring (bicyclic) bond motifs is 1. The summed E-state index contributed by atoms with van der Waals surface area (Å²) in [6.45, 7) is 2.51. The molecule has 1 N–H and O–H groups in total. The summed E-state index contributed by atoms with van der Waals surface area (Å²) in [5, 5.41) is 10.2. The van der Waals surface area contributed by atoms with Gasteiger partial charge in [-0.1, -0.05) is 18.2 Å². The van der Waals surface area contributed by atoms with Crippen molar-refractivity contribution in [1.82, 2.24) is 4.98 Å². The number of nitrogens with zero attached hydrogens (tertiary/aromatic N) is 2. The molecule has 0 spiro atoms. The van der Waals surface area contributed by atoms with Gasteiger partial charge < -0.3 is 10.0 Å². The smallest absolute Gasteiger partial charge is 0.259 e. The second kappa shape index (κ2) is 5.66. The molecule has 1 unspecified atom stereocenters. The Morgan fingerprint density at radius 1 is 1.29 bits per heavy atom. The maximum atomic E-state index is 12.7. The van der Waals surface area contributed by atoms with Gasteiger partial charge in [0.05, 0.1) is 11.7 Å². The highest BCUT2D eigenvalue weighted by molar-refractivity contribution is 6.06. The predicted octanol–water partition coefficient (Wildman–Crippen LogP) is 2.86. The molecule has 0 bridgehead atoms. The minimum absolute atomic E-state index is 0.0657. The average Bonchev–Trinajstić information content (AvgIpc) is 2.67. The zero-order valence-electron chi connectivity index (χ0n) is 12.0. The summed E-state index contributed by atoms with van der Waals surface area (Å²) in [5.74, 6) is -0.0657. The summed E-state index contributed by atoms with van der Waals surface area (Å²) in [7, 11) is 0. The Bertz CT molecular complexity index is 652. The first kappa shape index (κ1) is 13.8. The number of aliphatic hydroxyl groups is 1. The number of pyridine rings is 1. The van der Waals surface area contributed by atoms with E-state index < -0.39 is 6.10 Å². The Hall–Kier alpha value is -2.20. The quantitative estimate of drug-likeness (QED) is 0.875. The second-order valence-electron chi connectivity index (χ2n) is 5.36. The van der Waals surface area contributed by atoms with Crippen molar-refractivity contribution in [3.63, 3.8) is 0 Å². The van der Waals surface area contributed by atoms with Gasteiger partial charge in [-0.05, 0) is 38.0 Å². The molecule has 1 aliphatic heterocycles. The third kappa shape index (κ3) is 2.67. The Morgan fingerprint density at radius 3 is 2.86 bits per heavy atom. The van der Waals surface area contributed by atoms with Crippen LogP contribution in [0.5, 0.6) is 0 Å². The van der Waals surface area contributed by atoms with Gasteiger partial charge in [-0.15, -0.1) is 0 Å². The van der Waals surface area contributed by atoms with E-state index in [1.165, 1.54) is 0 Å². The maximum Gasteiger partial charge on any atom is 0.259 e. The monoisotopic (exact) mass is 282 g/mol. The SMILES string of the molecule is Cc1ccc(C(=O)N2CCCC(O)c3ccccc32)cn1. The first-order valence-electron chi connectivity index (χ1n) is 7.18. The van der Waals surface area contributed by atoms with E-state index in [2.05, 4.69) is 4.98 Å². The molecule has 4 nitrogen and oxygen atoms in total. The van der Waals surface area contributed by atoms with Gasteiger partial charge in [-0.25, -0.2) is 0 Å². The van der Waals surface area contributed by atoms with Gasteiger partial charge in [-0.2, -0.15) is 0 Å². The molecule has 1 aromatic carbocycles. The number of rotatable bonds is 1. The van der Waals surface area contributed by atoms with Gasteiger partial charge in [0, 0.05) is 29.7 Å². The minimum atomic E-state index is -0.504. The summed E-state index contributed by atoms with van der Waals surface area (Å²) in [4.78, 5) is 18.7. The average molecular weight is 282 g/mol. The first-order chi connectivity index (χ1) is 10.2. The topological polar surface area (TPSA) is 53.4 Å². The number of hydrogen-bond donors (Lipinski definition) is 1. The Kier molecular flexibility index (Phi) is 3.71. The molecular weight excluding hydrogens is 264 g/mol. The largest absolute Gasteiger partial charge is 0.388 e. The van der Waals surface area contributed by atoms with Crippen molar-refractivity contribution in [1.29, 1.82) is 0 Å². The van der Waals surface area contributed by atoms with Crippen molar-refractivity contribution in [2.45, 2.75) is 25.9 Å². The van der Waals surface area contributed by atoms with Gasteiger partial charge in [0.1, 0.15) is 0 Å². The Balaban J connectivity index is 1.99. The molecule has 0 saturated carbocycles. The van der Waals surface area contributed by atoms with Crippen molar-refractivity contribution in [3.8, 4) is 0 Å². The lowest BCUT2D eigenvalue weighted by atomic mass is 10.0. The fraction of sp³-hybridized carbons (Fsp3) is 0.294.